The highest BCUT2D eigenvalue weighted by Gasteiger charge is 2.40. The van der Waals surface area contributed by atoms with E-state index in [9.17, 15) is 0 Å². The zero-order valence-electron chi connectivity index (χ0n) is 17.9. The minimum absolute atomic E-state index is 0.431. The highest BCUT2D eigenvalue weighted by molar-refractivity contribution is 5.59. The zero-order valence-corrected chi connectivity index (χ0v) is 17.9. The zero-order chi connectivity index (χ0) is 19.9. The van der Waals surface area contributed by atoms with Crippen molar-refractivity contribution in [3.63, 3.8) is 0 Å². The van der Waals surface area contributed by atoms with Crippen molar-refractivity contribution in [3.05, 3.63) is 23.9 Å². The monoisotopic (exact) mass is 382 g/mol. The molecular formula is C22H34N6. The minimum atomic E-state index is 0.431. The summed E-state index contributed by atoms with van der Waals surface area (Å²) in [7, 11) is 1.94. The summed E-state index contributed by atoms with van der Waals surface area (Å²) >= 11 is 0. The van der Waals surface area contributed by atoms with Crippen molar-refractivity contribution >= 4 is 5.82 Å². The van der Waals surface area contributed by atoms with Crippen LogP contribution in [-0.2, 0) is 7.05 Å². The van der Waals surface area contributed by atoms with Crippen LogP contribution in [0.15, 0.2) is 18.3 Å². The fourth-order valence-corrected chi connectivity index (χ4v) is 4.85. The molecule has 0 radical (unpaired) electrons. The summed E-state index contributed by atoms with van der Waals surface area (Å²) in [6, 6.07) is 4.63. The number of nitrogens with zero attached hydrogens (tertiary/aromatic N) is 5. The van der Waals surface area contributed by atoms with Crippen molar-refractivity contribution < 1.29 is 0 Å². The number of aromatic nitrogens is 4. The molecule has 28 heavy (non-hydrogen) atoms. The number of nitrogens with one attached hydrogen (secondary N) is 1. The van der Waals surface area contributed by atoms with Gasteiger partial charge in [-0.2, -0.15) is 5.10 Å². The van der Waals surface area contributed by atoms with Crippen LogP contribution < -0.4 is 5.32 Å². The number of aryl methyl sites for hydroxylation is 2. The smallest absolute Gasteiger partial charge is 0.148 e. The average molecular weight is 383 g/mol. The third kappa shape index (κ3) is 4.22. The Hall–Kier alpha value is -1.95. The van der Waals surface area contributed by atoms with Gasteiger partial charge in [0.15, 0.2) is 0 Å². The Morgan fingerprint density at radius 3 is 2.36 bits per heavy atom. The van der Waals surface area contributed by atoms with Crippen molar-refractivity contribution in [2.45, 2.75) is 53.0 Å². The third-order valence-electron chi connectivity index (χ3n) is 6.39. The molecule has 0 aromatic carbocycles. The van der Waals surface area contributed by atoms with Crippen molar-refractivity contribution in [2.75, 3.05) is 25.0 Å². The average Bonchev–Trinajstić information content (AvgIpc) is 3.27. The fraction of sp³-hybridized carbons (Fsp3) is 0.682. The van der Waals surface area contributed by atoms with E-state index in [4.69, 9.17) is 0 Å². The van der Waals surface area contributed by atoms with Crippen LogP contribution in [0.2, 0.25) is 0 Å². The summed E-state index contributed by atoms with van der Waals surface area (Å²) in [5.74, 6) is 2.56. The van der Waals surface area contributed by atoms with E-state index < -0.39 is 0 Å². The number of likely N-dealkylation sites (tertiary alicyclic amines) is 1. The molecule has 1 saturated heterocycles. The molecule has 1 aliphatic carbocycles. The molecule has 1 N–H and O–H groups in total. The van der Waals surface area contributed by atoms with Crippen molar-refractivity contribution in [1.29, 1.82) is 0 Å². The van der Waals surface area contributed by atoms with E-state index in [1.807, 2.05) is 24.0 Å². The fourth-order valence-electron chi connectivity index (χ4n) is 4.85. The molecule has 1 aliphatic heterocycles. The molecule has 6 heteroatoms. The van der Waals surface area contributed by atoms with Crippen molar-refractivity contribution in [2.24, 2.45) is 24.3 Å². The van der Waals surface area contributed by atoms with Gasteiger partial charge in [-0.3, -0.25) is 4.68 Å². The summed E-state index contributed by atoms with van der Waals surface area (Å²) in [4.78, 5) is 2.68. The van der Waals surface area contributed by atoms with Crippen molar-refractivity contribution in [1.82, 2.24) is 24.9 Å². The van der Waals surface area contributed by atoms with E-state index in [1.54, 1.807) is 0 Å². The largest absolute Gasteiger partial charge is 0.366 e. The van der Waals surface area contributed by atoms with Gasteiger partial charge < -0.3 is 10.2 Å². The number of rotatable bonds is 5. The first-order valence-corrected chi connectivity index (χ1v) is 10.6. The van der Waals surface area contributed by atoms with Gasteiger partial charge in [-0.05, 0) is 67.7 Å². The second kappa shape index (κ2) is 7.47. The van der Waals surface area contributed by atoms with Crippen LogP contribution in [0, 0.1) is 24.2 Å². The summed E-state index contributed by atoms with van der Waals surface area (Å²) in [6.45, 7) is 12.9. The molecule has 0 amide bonds. The molecule has 2 fully saturated rings. The normalized spacial score (nSPS) is 25.2. The van der Waals surface area contributed by atoms with Crippen LogP contribution in [0.25, 0.3) is 11.4 Å². The van der Waals surface area contributed by atoms with E-state index in [1.165, 1.54) is 38.9 Å². The van der Waals surface area contributed by atoms with E-state index in [0.29, 0.717) is 11.5 Å². The molecule has 2 aromatic heterocycles. The van der Waals surface area contributed by atoms with Crippen LogP contribution in [0.1, 0.15) is 45.6 Å². The quantitative estimate of drug-likeness (QED) is 0.853. The predicted molar refractivity (Wildman–Crippen MR) is 113 cm³/mol. The second-order valence-electron chi connectivity index (χ2n) is 10.0. The molecule has 2 aliphatic rings. The van der Waals surface area contributed by atoms with Gasteiger partial charge in [0.05, 0.1) is 11.9 Å². The summed E-state index contributed by atoms with van der Waals surface area (Å²) < 4.78 is 1.86. The van der Waals surface area contributed by atoms with E-state index in [2.05, 4.69) is 59.3 Å². The van der Waals surface area contributed by atoms with Gasteiger partial charge in [-0.25, -0.2) is 0 Å². The van der Waals surface area contributed by atoms with Gasteiger partial charge in [0.25, 0.3) is 0 Å². The standard InChI is InChI=1S/C22H34N6/c1-15-12-23-27(5)21(15)19-6-7-20(26-25-19)24-18-10-16-13-28(14-17(16)11-18)9-8-22(2,3)4/h6-7,12,16-18H,8-11,13-14H2,1-5H3,(H,24,26)/t16-,17+,18?. The lowest BCUT2D eigenvalue weighted by molar-refractivity contribution is 0.250. The Labute approximate surface area is 168 Å². The van der Waals surface area contributed by atoms with E-state index >= 15 is 0 Å². The molecule has 4 rings (SSSR count). The molecule has 1 saturated carbocycles. The number of anilines is 1. The molecule has 3 heterocycles. The van der Waals surface area contributed by atoms with Gasteiger partial charge in [-0.15, -0.1) is 10.2 Å². The Morgan fingerprint density at radius 2 is 1.82 bits per heavy atom. The topological polar surface area (TPSA) is 58.9 Å². The maximum absolute atomic E-state index is 4.43. The third-order valence-corrected chi connectivity index (χ3v) is 6.39. The van der Waals surface area contributed by atoms with E-state index in [0.717, 1.165) is 34.6 Å². The molecule has 0 bridgehead atoms. The van der Waals surface area contributed by atoms with Crippen LogP contribution >= 0.6 is 0 Å². The molecule has 2 aromatic rings. The number of fused-ring (bicyclic) bond motifs is 1. The van der Waals surface area contributed by atoms with Gasteiger partial charge in [0, 0.05) is 26.2 Å². The lowest BCUT2D eigenvalue weighted by Gasteiger charge is -2.24. The highest BCUT2D eigenvalue weighted by atomic mass is 15.3. The molecular weight excluding hydrogens is 348 g/mol. The molecule has 3 atom stereocenters. The van der Waals surface area contributed by atoms with Gasteiger partial charge in [-0.1, -0.05) is 20.8 Å². The minimum Gasteiger partial charge on any atom is -0.366 e. The van der Waals surface area contributed by atoms with Crippen molar-refractivity contribution in [3.8, 4) is 11.4 Å². The maximum atomic E-state index is 4.43. The van der Waals surface area contributed by atoms with Gasteiger partial charge in [0.1, 0.15) is 11.5 Å². The number of hydrogen-bond acceptors (Lipinski definition) is 5. The lowest BCUT2D eigenvalue weighted by atomic mass is 9.92. The van der Waals surface area contributed by atoms with Gasteiger partial charge >= 0.3 is 0 Å². The SMILES string of the molecule is Cc1cnn(C)c1-c1ccc(NC2C[C@@H]3CN(CCC(C)(C)C)C[C@@H]3C2)nn1. The lowest BCUT2D eigenvalue weighted by Crippen LogP contribution is -2.28. The summed E-state index contributed by atoms with van der Waals surface area (Å²) in [6.07, 6.45) is 5.65. The summed E-state index contributed by atoms with van der Waals surface area (Å²) in [5, 5.41) is 16.8. The Balaban J connectivity index is 1.30. The van der Waals surface area contributed by atoms with Crippen LogP contribution in [0.3, 0.4) is 0 Å². The Kier molecular flexibility index (Phi) is 5.17. The Morgan fingerprint density at radius 1 is 1.11 bits per heavy atom. The predicted octanol–water partition coefficient (Wildman–Crippen LogP) is 3.74. The summed E-state index contributed by atoms with van der Waals surface area (Å²) in [5.41, 5.74) is 3.46. The molecule has 0 spiro atoms. The first-order chi connectivity index (χ1) is 13.3. The molecule has 6 nitrogen and oxygen atoms in total. The second-order valence-corrected chi connectivity index (χ2v) is 10.0. The van der Waals surface area contributed by atoms with Gasteiger partial charge in [0.2, 0.25) is 0 Å². The Bertz CT molecular complexity index is 770. The highest BCUT2D eigenvalue weighted by Crippen LogP contribution is 2.39. The first-order valence-electron chi connectivity index (χ1n) is 10.6. The van der Waals surface area contributed by atoms with E-state index in [-0.39, 0.29) is 0 Å². The maximum Gasteiger partial charge on any atom is 0.148 e. The van der Waals surface area contributed by atoms with Crippen LogP contribution in [0.4, 0.5) is 5.82 Å². The molecule has 1 unspecified atom stereocenters. The van der Waals surface area contributed by atoms with Crippen LogP contribution in [-0.4, -0.2) is 50.6 Å². The first kappa shape index (κ1) is 19.4. The number of hydrogen-bond donors (Lipinski definition) is 1. The van der Waals surface area contributed by atoms with Crippen LogP contribution in [0.5, 0.6) is 0 Å². The molecule has 152 valence electrons.